The Balaban J connectivity index is 2.01. The van der Waals surface area contributed by atoms with E-state index in [1.807, 2.05) is 0 Å². The molecule has 2 aliphatic rings. The van der Waals surface area contributed by atoms with Gasteiger partial charge in [-0.1, -0.05) is 13.8 Å². The van der Waals surface area contributed by atoms with Gasteiger partial charge in [0.2, 0.25) is 0 Å². The van der Waals surface area contributed by atoms with Gasteiger partial charge in [0.15, 0.2) is 12.6 Å². The zero-order valence-corrected chi connectivity index (χ0v) is 13.8. The molecule has 0 aliphatic carbocycles. The molecule has 9 nitrogen and oxygen atoms in total. The lowest BCUT2D eigenvalue weighted by molar-refractivity contribution is -0.302. The number of ether oxygens (including phenoxy) is 3. The van der Waals surface area contributed by atoms with Crippen molar-refractivity contribution in [2.24, 2.45) is 5.92 Å². The van der Waals surface area contributed by atoms with Crippen LogP contribution in [0, 0.1) is 5.92 Å². The van der Waals surface area contributed by atoms with E-state index in [0.717, 1.165) is 0 Å². The molecular formula is C15H28O9. The molecule has 2 fully saturated rings. The maximum atomic E-state index is 10.1. The van der Waals surface area contributed by atoms with Gasteiger partial charge in [0, 0.05) is 12.3 Å². The van der Waals surface area contributed by atoms with Crippen molar-refractivity contribution in [3.8, 4) is 0 Å². The Morgan fingerprint density at radius 1 is 1.08 bits per heavy atom. The summed E-state index contributed by atoms with van der Waals surface area (Å²) in [5.41, 5.74) is 0. The molecule has 2 rings (SSSR count). The van der Waals surface area contributed by atoms with E-state index in [2.05, 4.69) is 0 Å². The third kappa shape index (κ3) is 4.43. The topological polar surface area (TPSA) is 152 Å². The Morgan fingerprint density at radius 3 is 2.21 bits per heavy atom. The molecule has 0 amide bonds. The van der Waals surface area contributed by atoms with Crippen LogP contribution in [0.1, 0.15) is 26.7 Å². The first kappa shape index (κ1) is 20.0. The molecule has 2 heterocycles. The van der Waals surface area contributed by atoms with E-state index < -0.39 is 67.8 Å². The highest BCUT2D eigenvalue weighted by atomic mass is 16.7. The van der Waals surface area contributed by atoms with Crippen molar-refractivity contribution in [2.75, 3.05) is 6.61 Å². The fourth-order valence-corrected chi connectivity index (χ4v) is 2.88. The SMILES string of the molecule is CC[C@H](O)[C@H](C[C@@H](O)C1OC1O)O[C@@H]1O[C@H](CO)[C@H](O)[C@H](O)C1C. The Morgan fingerprint density at radius 2 is 1.71 bits per heavy atom. The minimum Gasteiger partial charge on any atom is -0.394 e. The molecular weight excluding hydrogens is 324 g/mol. The average molecular weight is 352 g/mol. The summed E-state index contributed by atoms with van der Waals surface area (Å²) >= 11 is 0. The summed E-state index contributed by atoms with van der Waals surface area (Å²) in [4.78, 5) is 0. The minimum atomic E-state index is -1.24. The zero-order chi connectivity index (χ0) is 18.0. The quantitative estimate of drug-likeness (QED) is 0.264. The van der Waals surface area contributed by atoms with E-state index in [-0.39, 0.29) is 6.42 Å². The van der Waals surface area contributed by atoms with E-state index in [4.69, 9.17) is 14.2 Å². The Hall–Kier alpha value is -0.360. The van der Waals surface area contributed by atoms with Gasteiger partial charge in [-0.2, -0.15) is 0 Å². The van der Waals surface area contributed by atoms with Gasteiger partial charge in [-0.05, 0) is 6.42 Å². The van der Waals surface area contributed by atoms with Gasteiger partial charge >= 0.3 is 0 Å². The second kappa shape index (κ2) is 8.35. The van der Waals surface area contributed by atoms with Crippen molar-refractivity contribution in [2.45, 2.75) is 82.0 Å². The standard InChI is InChI=1S/C15H28O9/c1-3-7(17)9(4-8(18)13-14(21)24-13)22-15-6(2)11(19)12(20)10(5-16)23-15/h6-21H,3-5H2,1-2H3/t6?,7-,8+,9-,10+,11+,12-,13?,14?,15+/m0/s1. The lowest BCUT2D eigenvalue weighted by atomic mass is 9.92. The number of aliphatic hydroxyl groups excluding tert-OH is 6. The third-order valence-corrected chi connectivity index (χ3v) is 4.70. The van der Waals surface area contributed by atoms with Gasteiger partial charge < -0.3 is 44.8 Å². The monoisotopic (exact) mass is 352 g/mol. The predicted octanol–water partition coefficient (Wildman–Crippen LogP) is -2.31. The summed E-state index contributed by atoms with van der Waals surface area (Å²) in [6.07, 6.45) is -8.45. The Labute approximate surface area is 140 Å². The van der Waals surface area contributed by atoms with E-state index in [1.165, 1.54) is 0 Å². The summed E-state index contributed by atoms with van der Waals surface area (Å²) in [5.74, 6) is -0.603. The summed E-state index contributed by atoms with van der Waals surface area (Å²) in [5, 5.41) is 58.5. The van der Waals surface area contributed by atoms with Gasteiger partial charge in [-0.3, -0.25) is 0 Å². The first-order chi connectivity index (χ1) is 11.3. The van der Waals surface area contributed by atoms with Crippen LogP contribution < -0.4 is 0 Å². The van der Waals surface area contributed by atoms with Crippen LogP contribution in [0.2, 0.25) is 0 Å². The van der Waals surface area contributed by atoms with Crippen LogP contribution in [0.5, 0.6) is 0 Å². The molecule has 142 valence electrons. The van der Waals surface area contributed by atoms with Crippen LogP contribution in [0.15, 0.2) is 0 Å². The van der Waals surface area contributed by atoms with E-state index in [9.17, 15) is 30.6 Å². The average Bonchev–Trinajstić information content (AvgIpc) is 3.30. The molecule has 0 aromatic heterocycles. The molecule has 0 saturated carbocycles. The van der Waals surface area contributed by atoms with Crippen LogP contribution in [0.4, 0.5) is 0 Å². The van der Waals surface area contributed by atoms with Crippen LogP contribution in [-0.2, 0) is 14.2 Å². The first-order valence-electron chi connectivity index (χ1n) is 8.27. The van der Waals surface area contributed by atoms with E-state index in [0.29, 0.717) is 6.42 Å². The molecule has 24 heavy (non-hydrogen) atoms. The second-order valence-electron chi connectivity index (χ2n) is 6.51. The van der Waals surface area contributed by atoms with Gasteiger partial charge in [0.25, 0.3) is 0 Å². The van der Waals surface area contributed by atoms with E-state index >= 15 is 0 Å². The van der Waals surface area contributed by atoms with Crippen molar-refractivity contribution in [3.05, 3.63) is 0 Å². The van der Waals surface area contributed by atoms with Crippen molar-refractivity contribution in [1.82, 2.24) is 0 Å². The van der Waals surface area contributed by atoms with Gasteiger partial charge in [-0.25, -0.2) is 0 Å². The Bertz CT molecular complexity index is 393. The lowest BCUT2D eigenvalue weighted by Gasteiger charge is -2.42. The molecule has 0 aromatic carbocycles. The fraction of sp³-hybridized carbons (Fsp3) is 1.00. The number of rotatable bonds is 8. The normalized spacial score (nSPS) is 43.2. The van der Waals surface area contributed by atoms with Crippen molar-refractivity contribution in [1.29, 1.82) is 0 Å². The molecule has 2 saturated heterocycles. The molecule has 0 spiro atoms. The van der Waals surface area contributed by atoms with Gasteiger partial charge in [0.05, 0.1) is 31.0 Å². The van der Waals surface area contributed by atoms with Crippen LogP contribution in [0.25, 0.3) is 0 Å². The number of epoxide rings is 1. The van der Waals surface area contributed by atoms with Crippen molar-refractivity contribution in [3.63, 3.8) is 0 Å². The Kier molecular flexibility index (Phi) is 6.94. The molecule has 6 N–H and O–H groups in total. The van der Waals surface area contributed by atoms with Crippen molar-refractivity contribution >= 4 is 0 Å². The van der Waals surface area contributed by atoms with Crippen LogP contribution >= 0.6 is 0 Å². The fourth-order valence-electron chi connectivity index (χ4n) is 2.88. The summed E-state index contributed by atoms with van der Waals surface area (Å²) < 4.78 is 16.0. The zero-order valence-electron chi connectivity index (χ0n) is 13.8. The maximum absolute atomic E-state index is 10.1. The van der Waals surface area contributed by atoms with Crippen LogP contribution in [-0.4, -0.2) is 92.6 Å². The molecule has 0 aromatic rings. The largest absolute Gasteiger partial charge is 0.394 e. The predicted molar refractivity (Wildman–Crippen MR) is 79.6 cm³/mol. The molecule has 10 atom stereocenters. The molecule has 0 radical (unpaired) electrons. The molecule has 3 unspecified atom stereocenters. The van der Waals surface area contributed by atoms with Gasteiger partial charge in [0.1, 0.15) is 18.3 Å². The van der Waals surface area contributed by atoms with Crippen LogP contribution in [0.3, 0.4) is 0 Å². The maximum Gasteiger partial charge on any atom is 0.184 e. The lowest BCUT2D eigenvalue weighted by Crippen LogP contribution is -2.56. The van der Waals surface area contributed by atoms with Crippen molar-refractivity contribution < 1.29 is 44.8 Å². The highest BCUT2D eigenvalue weighted by Gasteiger charge is 2.47. The number of aliphatic hydroxyl groups is 6. The number of hydrogen-bond donors (Lipinski definition) is 6. The first-order valence-corrected chi connectivity index (χ1v) is 8.27. The highest BCUT2D eigenvalue weighted by Crippen LogP contribution is 2.31. The summed E-state index contributed by atoms with van der Waals surface area (Å²) in [6.45, 7) is 2.87. The highest BCUT2D eigenvalue weighted by molar-refractivity contribution is 4.89. The second-order valence-corrected chi connectivity index (χ2v) is 6.51. The number of hydrogen-bond acceptors (Lipinski definition) is 9. The molecule has 2 aliphatic heterocycles. The minimum absolute atomic E-state index is 0.00571. The third-order valence-electron chi connectivity index (χ3n) is 4.70. The summed E-state index contributed by atoms with van der Waals surface area (Å²) in [6, 6.07) is 0. The summed E-state index contributed by atoms with van der Waals surface area (Å²) in [7, 11) is 0. The van der Waals surface area contributed by atoms with Gasteiger partial charge in [-0.15, -0.1) is 0 Å². The smallest absolute Gasteiger partial charge is 0.184 e. The molecule has 0 bridgehead atoms. The van der Waals surface area contributed by atoms with E-state index in [1.54, 1.807) is 13.8 Å². The molecule has 9 heteroatoms.